The van der Waals surface area contributed by atoms with E-state index in [0.29, 0.717) is 6.54 Å². The second kappa shape index (κ2) is 6.10. The Labute approximate surface area is 59.6 Å². The van der Waals surface area contributed by atoms with E-state index in [0.717, 1.165) is 0 Å². The summed E-state index contributed by atoms with van der Waals surface area (Å²) in [6.07, 6.45) is 0.759. The first-order valence-electron chi connectivity index (χ1n) is 2.91. The molecular formula is C6H11NO3. The number of rotatable bonds is 4. The van der Waals surface area contributed by atoms with Crippen LogP contribution in [0.2, 0.25) is 0 Å². The van der Waals surface area contributed by atoms with Crippen LogP contribution >= 0.6 is 0 Å². The predicted molar refractivity (Wildman–Crippen MR) is 36.6 cm³/mol. The third kappa shape index (κ3) is 5.11. The molecule has 0 unspecified atom stereocenters. The molecule has 0 aliphatic heterocycles. The smallest absolute Gasteiger partial charge is 0.433 e. The molecule has 0 amide bonds. The Morgan fingerprint density at radius 2 is 2.30 bits per heavy atom. The van der Waals surface area contributed by atoms with Gasteiger partial charge in [-0.05, 0) is 0 Å². The highest BCUT2D eigenvalue weighted by molar-refractivity contribution is 5.59. The predicted octanol–water partition coefficient (Wildman–Crippen LogP) is 0.284. The van der Waals surface area contributed by atoms with Crippen molar-refractivity contribution in [3.8, 4) is 0 Å². The summed E-state index contributed by atoms with van der Waals surface area (Å²) in [6, 6.07) is 0. The molecule has 10 heavy (non-hydrogen) atoms. The Hall–Kier alpha value is -1.03. The van der Waals surface area contributed by atoms with E-state index < -0.39 is 6.16 Å². The first-order valence-corrected chi connectivity index (χ1v) is 2.91. The van der Waals surface area contributed by atoms with Gasteiger partial charge < -0.3 is 15.2 Å². The van der Waals surface area contributed by atoms with E-state index in [1.54, 1.807) is 0 Å². The lowest BCUT2D eigenvalue weighted by Crippen LogP contribution is -2.14. The summed E-state index contributed by atoms with van der Waals surface area (Å²) < 4.78 is 8.92. The summed E-state index contributed by atoms with van der Waals surface area (Å²) in [4.78, 5) is 10.4. The molecule has 0 saturated carbocycles. The van der Waals surface area contributed by atoms with E-state index in [-0.39, 0.29) is 13.2 Å². The van der Waals surface area contributed by atoms with Crippen molar-refractivity contribution in [1.29, 1.82) is 0 Å². The molecule has 0 aliphatic carbocycles. The van der Waals surface area contributed by atoms with Gasteiger partial charge in [0.2, 0.25) is 0 Å². The second-order valence-electron chi connectivity index (χ2n) is 1.49. The van der Waals surface area contributed by atoms with E-state index in [9.17, 15) is 4.79 Å². The number of carbonyl (C=O) groups is 1. The lowest BCUT2D eigenvalue weighted by atomic mass is 10.7. The van der Waals surface area contributed by atoms with Gasteiger partial charge in [0, 0.05) is 6.54 Å². The van der Waals surface area contributed by atoms with E-state index in [1.807, 2.05) is 0 Å². The minimum atomic E-state index is -0.703. The average Bonchev–Trinajstić information content (AvgIpc) is 1.97. The Morgan fingerprint density at radius 3 is 2.80 bits per heavy atom. The molecule has 0 fully saturated rings. The molecule has 4 heteroatoms. The van der Waals surface area contributed by atoms with Gasteiger partial charge in [-0.15, -0.1) is 0 Å². The number of hydrogen-bond acceptors (Lipinski definition) is 4. The Morgan fingerprint density at radius 1 is 1.60 bits per heavy atom. The van der Waals surface area contributed by atoms with E-state index in [4.69, 9.17) is 5.73 Å². The van der Waals surface area contributed by atoms with Crippen LogP contribution in [0.15, 0.2) is 12.7 Å². The maximum atomic E-state index is 10.4. The zero-order valence-corrected chi connectivity index (χ0v) is 5.71. The molecule has 0 atom stereocenters. The fourth-order valence-corrected chi connectivity index (χ4v) is 0.311. The maximum absolute atomic E-state index is 10.4. The second-order valence-corrected chi connectivity index (χ2v) is 1.49. The molecule has 2 N–H and O–H groups in total. The van der Waals surface area contributed by atoms with Crippen LogP contribution in [0.4, 0.5) is 4.79 Å². The molecule has 4 nitrogen and oxygen atoms in total. The number of hydrogen-bond donors (Lipinski definition) is 1. The van der Waals surface area contributed by atoms with Gasteiger partial charge in [-0.3, -0.25) is 0 Å². The lowest BCUT2D eigenvalue weighted by molar-refractivity contribution is 0.0656. The highest BCUT2D eigenvalue weighted by atomic mass is 16.7. The van der Waals surface area contributed by atoms with Crippen LogP contribution in [-0.4, -0.2) is 25.9 Å². The molecular weight excluding hydrogens is 134 g/mol. The third-order valence-corrected chi connectivity index (χ3v) is 0.657. The van der Waals surface area contributed by atoms with Crippen LogP contribution in [0, 0.1) is 0 Å². The van der Waals surface area contributed by atoms with E-state index >= 15 is 0 Å². The lowest BCUT2D eigenvalue weighted by Gasteiger charge is -2.01. The highest BCUT2D eigenvalue weighted by Crippen LogP contribution is 1.83. The van der Waals surface area contributed by atoms with Crippen molar-refractivity contribution in [2.24, 2.45) is 5.73 Å². The Bertz CT molecular complexity index is 114. The van der Waals surface area contributed by atoms with Crippen molar-refractivity contribution in [2.75, 3.05) is 19.8 Å². The highest BCUT2D eigenvalue weighted by Gasteiger charge is 1.98. The number of carbonyl (C=O) groups excluding carboxylic acids is 1. The Balaban J connectivity index is 3.16. The topological polar surface area (TPSA) is 61.5 Å². The van der Waals surface area contributed by atoms with Crippen LogP contribution in [0.3, 0.4) is 0 Å². The molecule has 0 spiro atoms. The average molecular weight is 145 g/mol. The van der Waals surface area contributed by atoms with Crippen LogP contribution in [0.25, 0.3) is 0 Å². The van der Waals surface area contributed by atoms with Crippen LogP contribution in [0.5, 0.6) is 0 Å². The van der Waals surface area contributed by atoms with Crippen molar-refractivity contribution in [3.05, 3.63) is 12.7 Å². The van der Waals surface area contributed by atoms with Crippen LogP contribution in [-0.2, 0) is 9.47 Å². The molecule has 0 heterocycles. The molecule has 0 bridgehead atoms. The minimum absolute atomic E-state index is 0.170. The van der Waals surface area contributed by atoms with Crippen molar-refractivity contribution in [3.63, 3.8) is 0 Å². The van der Waals surface area contributed by atoms with Crippen LogP contribution in [0.1, 0.15) is 0 Å². The summed E-state index contributed by atoms with van der Waals surface area (Å²) in [5.41, 5.74) is 5.05. The summed E-state index contributed by atoms with van der Waals surface area (Å²) in [5, 5.41) is 0. The van der Waals surface area contributed by atoms with E-state index in [1.165, 1.54) is 6.08 Å². The minimum Gasteiger partial charge on any atom is -0.433 e. The first kappa shape index (κ1) is 8.97. The van der Waals surface area contributed by atoms with Gasteiger partial charge in [0.05, 0.1) is 0 Å². The van der Waals surface area contributed by atoms with Gasteiger partial charge >= 0.3 is 6.16 Å². The molecule has 0 aromatic heterocycles. The maximum Gasteiger partial charge on any atom is 0.508 e. The number of ether oxygens (including phenoxy) is 2. The van der Waals surface area contributed by atoms with Gasteiger partial charge in [0.15, 0.2) is 0 Å². The quantitative estimate of drug-likeness (QED) is 0.456. The first-order chi connectivity index (χ1) is 4.81. The molecule has 0 aromatic rings. The van der Waals surface area contributed by atoms with Crippen molar-refractivity contribution < 1.29 is 14.3 Å². The van der Waals surface area contributed by atoms with Crippen molar-refractivity contribution in [1.82, 2.24) is 0 Å². The molecule has 0 radical (unpaired) electrons. The monoisotopic (exact) mass is 145 g/mol. The summed E-state index contributed by atoms with van der Waals surface area (Å²) in [7, 11) is 0. The third-order valence-electron chi connectivity index (χ3n) is 0.657. The van der Waals surface area contributed by atoms with Crippen molar-refractivity contribution >= 4 is 6.16 Å². The standard InChI is InChI=1S/C6H11NO3/c1-2-4-9-6(8)10-5-3-7/h2H,1,3-5,7H2. The fourth-order valence-electron chi connectivity index (χ4n) is 0.311. The summed E-state index contributed by atoms with van der Waals surface area (Å²) >= 11 is 0. The van der Waals surface area contributed by atoms with Gasteiger partial charge in [0.1, 0.15) is 13.2 Å². The number of nitrogens with two attached hydrogens (primary N) is 1. The largest absolute Gasteiger partial charge is 0.508 e. The molecule has 0 rings (SSSR count). The van der Waals surface area contributed by atoms with Crippen molar-refractivity contribution in [2.45, 2.75) is 0 Å². The molecule has 58 valence electrons. The van der Waals surface area contributed by atoms with Gasteiger partial charge in [-0.1, -0.05) is 12.7 Å². The van der Waals surface area contributed by atoms with Gasteiger partial charge in [-0.25, -0.2) is 4.79 Å². The molecule has 0 aliphatic rings. The zero-order valence-electron chi connectivity index (χ0n) is 5.71. The molecule has 0 saturated heterocycles. The Kier molecular flexibility index (Phi) is 5.47. The van der Waals surface area contributed by atoms with Crippen LogP contribution < -0.4 is 5.73 Å². The molecule has 0 aromatic carbocycles. The summed E-state index contributed by atoms with van der Waals surface area (Å²) in [6.45, 7) is 4.02. The normalized spacial score (nSPS) is 8.50. The zero-order chi connectivity index (χ0) is 7.82. The SMILES string of the molecule is C=CCOC(=O)OCCN. The van der Waals surface area contributed by atoms with E-state index in [2.05, 4.69) is 16.1 Å². The van der Waals surface area contributed by atoms with Gasteiger partial charge in [-0.2, -0.15) is 0 Å². The fraction of sp³-hybridized carbons (Fsp3) is 0.500. The summed E-state index contributed by atoms with van der Waals surface area (Å²) in [5.74, 6) is 0. The van der Waals surface area contributed by atoms with Gasteiger partial charge in [0.25, 0.3) is 0 Å².